The van der Waals surface area contributed by atoms with Gasteiger partial charge in [-0.25, -0.2) is 0 Å². The Bertz CT molecular complexity index is 293. The van der Waals surface area contributed by atoms with Gasteiger partial charge in [0, 0.05) is 6.42 Å². The summed E-state index contributed by atoms with van der Waals surface area (Å²) in [5.41, 5.74) is 1.49. The fraction of sp³-hybridized carbons (Fsp3) is 0.647. The van der Waals surface area contributed by atoms with Crippen LogP contribution in [0.1, 0.15) is 45.6 Å². The van der Waals surface area contributed by atoms with Crippen molar-refractivity contribution < 1.29 is 9.96 Å². The van der Waals surface area contributed by atoms with Crippen LogP contribution in [0, 0.1) is 0 Å². The quantitative estimate of drug-likeness (QED) is 0.618. The fourth-order valence-electron chi connectivity index (χ4n) is 3.10. The van der Waals surface area contributed by atoms with E-state index in [1.165, 1.54) is 61.9 Å². The first-order valence-electron chi connectivity index (χ1n) is 7.65. The Morgan fingerprint density at radius 2 is 1.21 bits per heavy atom. The highest BCUT2D eigenvalue weighted by Crippen LogP contribution is 2.14. The molecule has 0 bridgehead atoms. The van der Waals surface area contributed by atoms with Gasteiger partial charge in [0.25, 0.3) is 0 Å². The van der Waals surface area contributed by atoms with Crippen LogP contribution in [0.2, 0.25) is 0 Å². The molecule has 0 atom stereocenters. The van der Waals surface area contributed by atoms with Crippen LogP contribution in [0.25, 0.3) is 0 Å². The molecule has 0 saturated heterocycles. The first kappa shape index (κ1) is 18.1. The summed E-state index contributed by atoms with van der Waals surface area (Å²) in [5.74, 6) is 0. The van der Waals surface area contributed by atoms with Crippen LogP contribution in [-0.4, -0.2) is 36.1 Å². The van der Waals surface area contributed by atoms with Gasteiger partial charge in [-0.05, 0) is 24.8 Å². The smallest absolute Gasteiger partial charge is 0.0827 e. The molecule has 0 spiro atoms. The summed E-state index contributed by atoms with van der Waals surface area (Å²) in [6.07, 6.45) is 5.12. The van der Waals surface area contributed by atoms with Gasteiger partial charge in [0.05, 0.1) is 26.2 Å². The Morgan fingerprint density at radius 3 is 1.63 bits per heavy atom. The van der Waals surface area contributed by atoms with Gasteiger partial charge in [0.2, 0.25) is 0 Å². The molecule has 110 valence electrons. The monoisotopic (exact) mass is 265 g/mol. The average Bonchev–Trinajstić information content (AvgIpc) is 2.39. The van der Waals surface area contributed by atoms with E-state index in [1.807, 2.05) is 0 Å². The molecule has 1 aromatic carbocycles. The third-order valence-corrected chi connectivity index (χ3v) is 3.81. The lowest BCUT2D eigenvalue weighted by Crippen LogP contribution is -2.51. The Balaban J connectivity index is 0.00000324. The third-order valence-electron chi connectivity index (χ3n) is 3.81. The highest BCUT2D eigenvalue weighted by Gasteiger charge is 2.23. The molecule has 2 nitrogen and oxygen atoms in total. The molecule has 0 fully saturated rings. The molecule has 2 heteroatoms. The van der Waals surface area contributed by atoms with Gasteiger partial charge in [0.1, 0.15) is 0 Å². The minimum atomic E-state index is 0. The average molecular weight is 265 g/mol. The zero-order valence-electron chi connectivity index (χ0n) is 12.9. The molecule has 1 rings (SSSR count). The molecule has 0 aliphatic rings. The summed E-state index contributed by atoms with van der Waals surface area (Å²) in [4.78, 5) is 0. The van der Waals surface area contributed by atoms with Gasteiger partial charge < -0.3 is 9.96 Å². The number of rotatable bonds is 9. The van der Waals surface area contributed by atoms with E-state index in [4.69, 9.17) is 0 Å². The summed E-state index contributed by atoms with van der Waals surface area (Å²) in [7, 11) is 0. The summed E-state index contributed by atoms with van der Waals surface area (Å²) >= 11 is 0. The maximum Gasteiger partial charge on any atom is 0.0827 e. The minimum Gasteiger partial charge on any atom is -0.870 e. The van der Waals surface area contributed by atoms with E-state index in [0.29, 0.717) is 0 Å². The van der Waals surface area contributed by atoms with Crippen molar-refractivity contribution in [2.24, 2.45) is 0 Å². The lowest BCUT2D eigenvalue weighted by atomic mass is 10.1. The minimum absolute atomic E-state index is 0. The predicted molar refractivity (Wildman–Crippen MR) is 82.7 cm³/mol. The summed E-state index contributed by atoms with van der Waals surface area (Å²) < 4.78 is 1.32. The summed E-state index contributed by atoms with van der Waals surface area (Å²) in [6, 6.07) is 10.9. The van der Waals surface area contributed by atoms with E-state index in [0.717, 1.165) is 0 Å². The van der Waals surface area contributed by atoms with E-state index >= 15 is 0 Å². The number of hydrogen-bond donors (Lipinski definition) is 0. The molecule has 19 heavy (non-hydrogen) atoms. The fourth-order valence-corrected chi connectivity index (χ4v) is 3.10. The van der Waals surface area contributed by atoms with Crippen molar-refractivity contribution in [1.29, 1.82) is 0 Å². The van der Waals surface area contributed by atoms with E-state index in [9.17, 15) is 0 Å². The zero-order valence-corrected chi connectivity index (χ0v) is 12.9. The van der Waals surface area contributed by atoms with Gasteiger partial charge in [0.15, 0.2) is 0 Å². The SMILES string of the molecule is CCC[N+](CCC)(CCC)CCc1ccccc1.[OH-]. The maximum absolute atomic E-state index is 2.32. The van der Waals surface area contributed by atoms with Gasteiger partial charge in [-0.1, -0.05) is 51.1 Å². The molecule has 1 N–H and O–H groups in total. The van der Waals surface area contributed by atoms with Gasteiger partial charge in [-0.15, -0.1) is 0 Å². The van der Waals surface area contributed by atoms with Crippen molar-refractivity contribution >= 4 is 0 Å². The molecule has 0 aliphatic heterocycles. The maximum atomic E-state index is 2.32. The zero-order chi connectivity index (χ0) is 13.3. The van der Waals surface area contributed by atoms with Crippen LogP contribution < -0.4 is 0 Å². The summed E-state index contributed by atoms with van der Waals surface area (Å²) in [6.45, 7) is 12.3. The Labute approximate surface area is 119 Å². The molecule has 1 aromatic rings. The van der Waals surface area contributed by atoms with Crippen molar-refractivity contribution in [3.05, 3.63) is 35.9 Å². The van der Waals surface area contributed by atoms with Crippen LogP contribution >= 0.6 is 0 Å². The molecular weight excluding hydrogens is 234 g/mol. The molecule has 0 aromatic heterocycles. The topological polar surface area (TPSA) is 30.0 Å². The first-order valence-corrected chi connectivity index (χ1v) is 7.65. The lowest BCUT2D eigenvalue weighted by molar-refractivity contribution is -0.928. The molecule has 0 radical (unpaired) electrons. The van der Waals surface area contributed by atoms with Crippen LogP contribution in [0.5, 0.6) is 0 Å². The Kier molecular flexibility index (Phi) is 9.54. The Morgan fingerprint density at radius 1 is 0.737 bits per heavy atom. The molecular formula is C17H31NO. The molecule has 0 aliphatic carbocycles. The number of nitrogens with zero attached hydrogens (tertiary/aromatic N) is 1. The standard InChI is InChI=1S/C17H30N.H2O/c1-4-13-18(14-5-2,15-6-3)16-12-17-10-8-7-9-11-17;/h7-11H,4-6,12-16H2,1-3H3;1H2/q+1;/p-1. The highest BCUT2D eigenvalue weighted by molar-refractivity contribution is 5.14. The van der Waals surface area contributed by atoms with Crippen LogP contribution in [0.3, 0.4) is 0 Å². The van der Waals surface area contributed by atoms with E-state index in [-0.39, 0.29) is 5.48 Å². The summed E-state index contributed by atoms with van der Waals surface area (Å²) in [5, 5.41) is 0. The second-order valence-electron chi connectivity index (χ2n) is 5.47. The number of benzene rings is 1. The molecule has 0 amide bonds. The van der Waals surface area contributed by atoms with E-state index < -0.39 is 0 Å². The van der Waals surface area contributed by atoms with Crippen molar-refractivity contribution in [1.82, 2.24) is 0 Å². The van der Waals surface area contributed by atoms with Crippen molar-refractivity contribution in [2.75, 3.05) is 26.2 Å². The normalized spacial score (nSPS) is 11.1. The second kappa shape index (κ2) is 9.99. The van der Waals surface area contributed by atoms with Gasteiger partial charge >= 0.3 is 0 Å². The lowest BCUT2D eigenvalue weighted by Gasteiger charge is -2.38. The van der Waals surface area contributed by atoms with Crippen LogP contribution in [0.15, 0.2) is 30.3 Å². The van der Waals surface area contributed by atoms with E-state index in [1.54, 1.807) is 0 Å². The third kappa shape index (κ3) is 6.22. The van der Waals surface area contributed by atoms with E-state index in [2.05, 4.69) is 51.1 Å². The highest BCUT2D eigenvalue weighted by atomic mass is 16.0. The van der Waals surface area contributed by atoms with Crippen LogP contribution in [-0.2, 0) is 6.42 Å². The Hall–Kier alpha value is -0.860. The first-order chi connectivity index (χ1) is 8.76. The molecule has 0 heterocycles. The van der Waals surface area contributed by atoms with Crippen molar-refractivity contribution in [2.45, 2.75) is 46.5 Å². The van der Waals surface area contributed by atoms with Crippen molar-refractivity contribution in [3.8, 4) is 0 Å². The van der Waals surface area contributed by atoms with Crippen LogP contribution in [0.4, 0.5) is 0 Å². The second-order valence-corrected chi connectivity index (χ2v) is 5.47. The van der Waals surface area contributed by atoms with Gasteiger partial charge in [-0.3, -0.25) is 0 Å². The largest absolute Gasteiger partial charge is 0.870 e. The molecule has 0 saturated carbocycles. The number of quaternary nitrogens is 1. The molecule has 0 unspecified atom stereocenters. The number of hydrogen-bond acceptors (Lipinski definition) is 1. The van der Waals surface area contributed by atoms with Crippen molar-refractivity contribution in [3.63, 3.8) is 0 Å². The van der Waals surface area contributed by atoms with Gasteiger partial charge in [-0.2, -0.15) is 0 Å². The predicted octanol–water partition coefficient (Wildman–Crippen LogP) is 4.10.